The maximum Gasteiger partial charge on any atom is 0.408 e. The second-order valence-corrected chi connectivity index (χ2v) is 9.69. The van der Waals surface area contributed by atoms with E-state index in [0.717, 1.165) is 42.6 Å². The van der Waals surface area contributed by atoms with Gasteiger partial charge in [-0.25, -0.2) is 4.79 Å². The topological polar surface area (TPSA) is 87.7 Å². The molecule has 0 aliphatic heterocycles. The van der Waals surface area contributed by atoms with Crippen LogP contribution in [0.1, 0.15) is 70.0 Å². The number of carbonyl (C=O) groups is 3. The molecule has 1 aromatic rings. The standard InChI is InChI=1S/C25H35N3O4S/c1-6-28(23(30)20(16-33)27-24(31)32-25(3,4)5)21(19-15-11-10-12-17(19)2)22(29)26-18-13-8-7-9-14-18/h1,10-12,15,18,20-21,33H,7-9,13-14,16H2,2-5H3,(H,26,29)(H,27,31). The molecule has 2 N–H and O–H groups in total. The Morgan fingerprint density at radius 1 is 1.21 bits per heavy atom. The third-order valence-corrected chi connectivity index (χ3v) is 5.85. The molecule has 33 heavy (non-hydrogen) atoms. The van der Waals surface area contributed by atoms with Crippen LogP contribution < -0.4 is 10.6 Å². The smallest absolute Gasteiger partial charge is 0.408 e. The molecule has 1 aromatic carbocycles. The van der Waals surface area contributed by atoms with Gasteiger partial charge in [-0.05, 0) is 51.7 Å². The molecule has 2 atom stereocenters. The third-order valence-electron chi connectivity index (χ3n) is 5.49. The van der Waals surface area contributed by atoms with Gasteiger partial charge in [0.25, 0.3) is 5.91 Å². The van der Waals surface area contributed by atoms with Crippen LogP contribution in [-0.2, 0) is 14.3 Å². The molecule has 0 heterocycles. The molecule has 7 nitrogen and oxygen atoms in total. The number of carbonyl (C=O) groups excluding carboxylic acids is 3. The molecule has 8 heteroatoms. The van der Waals surface area contributed by atoms with Gasteiger partial charge in [0.05, 0.1) is 0 Å². The van der Waals surface area contributed by atoms with E-state index in [9.17, 15) is 14.4 Å². The predicted molar refractivity (Wildman–Crippen MR) is 132 cm³/mol. The number of nitrogens with one attached hydrogen (secondary N) is 2. The van der Waals surface area contributed by atoms with Crippen LogP contribution in [0.2, 0.25) is 0 Å². The zero-order valence-electron chi connectivity index (χ0n) is 19.9. The first kappa shape index (κ1) is 26.6. The SMILES string of the molecule is C#CN(C(=O)C(CS)NC(=O)OC(C)(C)C)C(C(=O)NC1CCCCC1)c1ccccc1C. The summed E-state index contributed by atoms with van der Waals surface area (Å²) in [6.45, 7) is 7.04. The van der Waals surface area contributed by atoms with Gasteiger partial charge < -0.3 is 15.4 Å². The Hall–Kier alpha value is -2.66. The maximum atomic E-state index is 13.5. The van der Waals surface area contributed by atoms with E-state index in [1.807, 2.05) is 19.1 Å². The first-order valence-corrected chi connectivity index (χ1v) is 12.0. The number of terminal acetylenes is 1. The number of amides is 3. The van der Waals surface area contributed by atoms with Crippen LogP contribution in [0, 0.1) is 19.4 Å². The highest BCUT2D eigenvalue weighted by atomic mass is 32.1. The first-order valence-electron chi connectivity index (χ1n) is 11.3. The zero-order chi connectivity index (χ0) is 24.6. The van der Waals surface area contributed by atoms with Crippen molar-refractivity contribution >= 4 is 30.5 Å². The number of aryl methyl sites for hydroxylation is 1. The lowest BCUT2D eigenvalue weighted by Crippen LogP contribution is -2.53. The monoisotopic (exact) mass is 473 g/mol. The molecule has 3 amide bonds. The van der Waals surface area contributed by atoms with Crippen molar-refractivity contribution in [3.8, 4) is 12.5 Å². The van der Waals surface area contributed by atoms with E-state index in [-0.39, 0.29) is 17.7 Å². The lowest BCUT2D eigenvalue weighted by atomic mass is 9.94. The first-order chi connectivity index (χ1) is 15.6. The molecule has 0 radical (unpaired) electrons. The van der Waals surface area contributed by atoms with Crippen LogP contribution in [0.3, 0.4) is 0 Å². The van der Waals surface area contributed by atoms with Crippen molar-refractivity contribution in [1.29, 1.82) is 0 Å². The third kappa shape index (κ3) is 7.71. The number of nitrogens with zero attached hydrogens (tertiary/aromatic N) is 1. The van der Waals surface area contributed by atoms with Crippen LogP contribution in [-0.4, -0.2) is 46.2 Å². The highest BCUT2D eigenvalue weighted by molar-refractivity contribution is 7.80. The summed E-state index contributed by atoms with van der Waals surface area (Å²) in [5.41, 5.74) is 0.730. The lowest BCUT2D eigenvalue weighted by molar-refractivity contribution is -0.138. The average Bonchev–Trinajstić information content (AvgIpc) is 2.75. The second-order valence-electron chi connectivity index (χ2n) is 9.32. The van der Waals surface area contributed by atoms with Crippen LogP contribution >= 0.6 is 12.6 Å². The molecule has 0 saturated heterocycles. The number of benzene rings is 1. The molecule has 1 aliphatic carbocycles. The minimum absolute atomic E-state index is 0.0129. The Morgan fingerprint density at radius 2 is 1.85 bits per heavy atom. The Balaban J connectivity index is 2.32. The van der Waals surface area contributed by atoms with Crippen molar-refractivity contribution in [2.45, 2.75) is 83.5 Å². The molecule has 1 saturated carbocycles. The quantitative estimate of drug-likeness (QED) is 0.320. The molecular weight excluding hydrogens is 438 g/mol. The molecular formula is C25H35N3O4S. The highest BCUT2D eigenvalue weighted by Crippen LogP contribution is 2.26. The molecule has 180 valence electrons. The summed E-state index contributed by atoms with van der Waals surface area (Å²) >= 11 is 4.22. The van der Waals surface area contributed by atoms with Crippen LogP contribution in [0.5, 0.6) is 0 Å². The van der Waals surface area contributed by atoms with Gasteiger partial charge in [0.1, 0.15) is 17.7 Å². The summed E-state index contributed by atoms with van der Waals surface area (Å²) in [5, 5.41) is 5.61. The van der Waals surface area contributed by atoms with E-state index in [1.165, 1.54) is 0 Å². The largest absolute Gasteiger partial charge is 0.444 e. The molecule has 0 spiro atoms. The van der Waals surface area contributed by atoms with Crippen molar-refractivity contribution in [3.05, 3.63) is 35.4 Å². The van der Waals surface area contributed by atoms with Crippen molar-refractivity contribution in [2.24, 2.45) is 0 Å². The van der Waals surface area contributed by atoms with E-state index >= 15 is 0 Å². The van der Waals surface area contributed by atoms with Crippen LogP contribution in [0.25, 0.3) is 0 Å². The number of rotatable bonds is 7. The second kappa shape index (κ2) is 12.0. The van der Waals surface area contributed by atoms with Crippen LogP contribution in [0.15, 0.2) is 24.3 Å². The summed E-state index contributed by atoms with van der Waals surface area (Å²) in [4.78, 5) is 40.2. The van der Waals surface area contributed by atoms with Gasteiger partial charge in [-0.15, -0.1) is 0 Å². The molecule has 1 aliphatic rings. The number of hydrogen-bond acceptors (Lipinski definition) is 5. The highest BCUT2D eigenvalue weighted by Gasteiger charge is 2.36. The summed E-state index contributed by atoms with van der Waals surface area (Å²) < 4.78 is 5.26. The fourth-order valence-electron chi connectivity index (χ4n) is 3.89. The average molecular weight is 474 g/mol. The minimum Gasteiger partial charge on any atom is -0.444 e. The van der Waals surface area contributed by atoms with Crippen LogP contribution in [0.4, 0.5) is 4.79 Å². The summed E-state index contributed by atoms with van der Waals surface area (Å²) in [5.74, 6) is -0.954. The van der Waals surface area contributed by atoms with Crippen molar-refractivity contribution in [2.75, 3.05) is 5.75 Å². The maximum absolute atomic E-state index is 13.5. The van der Waals surface area contributed by atoms with Gasteiger partial charge in [0.2, 0.25) is 5.91 Å². The Morgan fingerprint density at radius 3 is 2.39 bits per heavy atom. The van der Waals surface area contributed by atoms with E-state index in [0.29, 0.717) is 5.56 Å². The summed E-state index contributed by atoms with van der Waals surface area (Å²) in [6.07, 6.45) is 10.1. The number of ether oxygens (including phenoxy) is 1. The molecule has 0 bridgehead atoms. The van der Waals surface area contributed by atoms with E-state index < -0.39 is 29.7 Å². The van der Waals surface area contributed by atoms with Gasteiger partial charge >= 0.3 is 6.09 Å². The zero-order valence-corrected chi connectivity index (χ0v) is 20.8. The Labute approximate surface area is 202 Å². The van der Waals surface area contributed by atoms with E-state index in [2.05, 4.69) is 29.3 Å². The van der Waals surface area contributed by atoms with Gasteiger partial charge in [0, 0.05) is 17.8 Å². The van der Waals surface area contributed by atoms with Gasteiger partial charge in [0.15, 0.2) is 0 Å². The van der Waals surface area contributed by atoms with Crippen molar-refractivity contribution in [1.82, 2.24) is 15.5 Å². The van der Waals surface area contributed by atoms with Gasteiger partial charge in [-0.3, -0.25) is 14.5 Å². The number of hydrogen-bond donors (Lipinski definition) is 3. The predicted octanol–water partition coefficient (Wildman–Crippen LogP) is 3.73. The molecule has 1 fully saturated rings. The molecule has 2 unspecified atom stereocenters. The van der Waals surface area contributed by atoms with Gasteiger partial charge in [-0.2, -0.15) is 12.6 Å². The fourth-order valence-corrected chi connectivity index (χ4v) is 4.13. The lowest BCUT2D eigenvalue weighted by Gasteiger charge is -2.32. The fraction of sp³-hybridized carbons (Fsp3) is 0.560. The summed E-state index contributed by atoms with van der Waals surface area (Å²) in [6, 6.07) is 7.65. The number of alkyl carbamates (subject to hydrolysis) is 1. The normalized spacial score (nSPS) is 16.1. The van der Waals surface area contributed by atoms with Gasteiger partial charge in [-0.1, -0.05) is 50.0 Å². The molecule has 2 rings (SSSR count). The molecule has 0 aromatic heterocycles. The van der Waals surface area contributed by atoms with E-state index in [1.54, 1.807) is 32.9 Å². The van der Waals surface area contributed by atoms with Crippen molar-refractivity contribution in [3.63, 3.8) is 0 Å². The minimum atomic E-state index is -1.06. The Kier molecular flexibility index (Phi) is 9.66. The summed E-state index contributed by atoms with van der Waals surface area (Å²) in [7, 11) is 0. The number of thiol groups is 1. The Bertz CT molecular complexity index is 884. The van der Waals surface area contributed by atoms with E-state index in [4.69, 9.17) is 11.2 Å². The van der Waals surface area contributed by atoms with Crippen molar-refractivity contribution < 1.29 is 19.1 Å².